The average Bonchev–Trinajstić information content (AvgIpc) is 3.25. The van der Waals surface area contributed by atoms with Crippen LogP contribution >= 0.6 is 11.8 Å². The molecule has 0 radical (unpaired) electrons. The number of amides is 2. The zero-order chi connectivity index (χ0) is 20.6. The van der Waals surface area contributed by atoms with Crippen LogP contribution in [0.25, 0.3) is 0 Å². The Bertz CT molecular complexity index is 1010. The predicted octanol–water partition coefficient (Wildman–Crippen LogP) is 3.88. The molecule has 2 aliphatic heterocycles. The van der Waals surface area contributed by atoms with Gasteiger partial charge in [-0.25, -0.2) is 0 Å². The summed E-state index contributed by atoms with van der Waals surface area (Å²) in [5.74, 6) is 0.936. The lowest BCUT2D eigenvalue weighted by molar-refractivity contribution is -0.140. The Labute approximate surface area is 175 Å². The van der Waals surface area contributed by atoms with E-state index in [-0.39, 0.29) is 17.7 Å². The lowest BCUT2D eigenvalue weighted by Crippen LogP contribution is -2.50. The monoisotopic (exact) mass is 405 g/mol. The summed E-state index contributed by atoms with van der Waals surface area (Å²) in [7, 11) is 0. The molecule has 148 valence electrons. The van der Waals surface area contributed by atoms with Gasteiger partial charge in [0.05, 0.1) is 23.9 Å². The molecule has 0 saturated carbocycles. The first-order valence-electron chi connectivity index (χ1n) is 9.82. The van der Waals surface area contributed by atoms with Crippen molar-refractivity contribution in [3.05, 3.63) is 65.2 Å². The van der Waals surface area contributed by atoms with E-state index in [1.165, 1.54) is 0 Å². The number of hydrogen-bond acceptors (Lipinski definition) is 4. The van der Waals surface area contributed by atoms with E-state index in [9.17, 15) is 14.9 Å². The Morgan fingerprint density at radius 3 is 2.79 bits per heavy atom. The Morgan fingerprint density at radius 2 is 2.03 bits per heavy atom. The summed E-state index contributed by atoms with van der Waals surface area (Å²) >= 11 is 1.55. The highest BCUT2D eigenvalue weighted by molar-refractivity contribution is 8.01. The third kappa shape index (κ3) is 3.20. The Kier molecular flexibility index (Phi) is 5.10. The first-order chi connectivity index (χ1) is 14.0. The van der Waals surface area contributed by atoms with Gasteiger partial charge in [-0.1, -0.05) is 44.2 Å². The van der Waals surface area contributed by atoms with Crippen LogP contribution in [0.1, 0.15) is 37.0 Å². The van der Waals surface area contributed by atoms with E-state index < -0.39 is 4.87 Å². The summed E-state index contributed by atoms with van der Waals surface area (Å²) in [5, 5.41) is 9.19. The van der Waals surface area contributed by atoms with Gasteiger partial charge in [0.1, 0.15) is 0 Å². The summed E-state index contributed by atoms with van der Waals surface area (Å²) in [6.07, 6.45) is 0.433. The second-order valence-corrected chi connectivity index (χ2v) is 9.14. The smallest absolute Gasteiger partial charge is 0.268 e. The molecule has 6 heteroatoms. The zero-order valence-electron chi connectivity index (χ0n) is 16.6. The van der Waals surface area contributed by atoms with Crippen molar-refractivity contribution in [2.45, 2.75) is 31.7 Å². The van der Waals surface area contributed by atoms with Gasteiger partial charge in [0.15, 0.2) is 4.87 Å². The van der Waals surface area contributed by atoms with Crippen molar-refractivity contribution in [3.8, 4) is 6.07 Å². The van der Waals surface area contributed by atoms with Crippen molar-refractivity contribution < 1.29 is 9.59 Å². The minimum atomic E-state index is -0.977. The minimum Gasteiger partial charge on any atom is -0.315 e. The number of nitriles is 1. The zero-order valence-corrected chi connectivity index (χ0v) is 17.4. The number of rotatable bonds is 4. The molecule has 5 nitrogen and oxygen atoms in total. The van der Waals surface area contributed by atoms with Gasteiger partial charge in [0, 0.05) is 24.3 Å². The van der Waals surface area contributed by atoms with Gasteiger partial charge in [-0.2, -0.15) is 5.26 Å². The number of anilines is 1. The van der Waals surface area contributed by atoms with Crippen LogP contribution in [-0.2, 0) is 21.0 Å². The quantitative estimate of drug-likeness (QED) is 0.774. The van der Waals surface area contributed by atoms with Crippen molar-refractivity contribution in [1.29, 1.82) is 5.26 Å². The largest absolute Gasteiger partial charge is 0.315 e. The first-order valence-corrected chi connectivity index (χ1v) is 10.8. The van der Waals surface area contributed by atoms with Crippen molar-refractivity contribution in [3.63, 3.8) is 0 Å². The van der Waals surface area contributed by atoms with Crippen LogP contribution in [-0.4, -0.2) is 29.0 Å². The second kappa shape index (κ2) is 7.57. The highest BCUT2D eigenvalue weighted by atomic mass is 32.2. The molecular weight excluding hydrogens is 382 g/mol. The molecule has 2 aromatic rings. The summed E-state index contributed by atoms with van der Waals surface area (Å²) in [4.78, 5) is 29.4. The molecule has 29 heavy (non-hydrogen) atoms. The van der Waals surface area contributed by atoms with Gasteiger partial charge >= 0.3 is 0 Å². The van der Waals surface area contributed by atoms with Crippen molar-refractivity contribution >= 4 is 29.3 Å². The van der Waals surface area contributed by atoms with Crippen LogP contribution in [0, 0.1) is 17.2 Å². The van der Waals surface area contributed by atoms with E-state index in [2.05, 4.69) is 6.07 Å². The fourth-order valence-corrected chi connectivity index (χ4v) is 5.64. The third-order valence-corrected chi connectivity index (χ3v) is 6.80. The lowest BCUT2D eigenvalue weighted by Gasteiger charge is -2.33. The topological polar surface area (TPSA) is 64.4 Å². The first kappa shape index (κ1) is 19.5. The standard InChI is InChI=1S/C23H23N3O2S/c1-16(2)12-21(27)26-10-11-29-23(26)19-8-3-4-9-20(19)25(22(23)28)15-18-7-5-6-17(13-18)14-24/h3-9,13,16H,10-12,15H2,1-2H3. The maximum Gasteiger partial charge on any atom is 0.268 e. The molecule has 0 bridgehead atoms. The van der Waals surface area contributed by atoms with Crippen LogP contribution in [0.3, 0.4) is 0 Å². The molecule has 0 aliphatic carbocycles. The van der Waals surface area contributed by atoms with Crippen LogP contribution in [0.4, 0.5) is 5.69 Å². The minimum absolute atomic E-state index is 0.0291. The number of para-hydroxylation sites is 1. The van der Waals surface area contributed by atoms with Gasteiger partial charge in [-0.05, 0) is 29.7 Å². The van der Waals surface area contributed by atoms with Gasteiger partial charge in [0.2, 0.25) is 5.91 Å². The summed E-state index contributed by atoms with van der Waals surface area (Å²) in [6, 6.07) is 17.2. The average molecular weight is 406 g/mol. The molecule has 2 aliphatic rings. The molecule has 2 heterocycles. The van der Waals surface area contributed by atoms with E-state index in [0.29, 0.717) is 25.1 Å². The van der Waals surface area contributed by atoms with Crippen molar-refractivity contribution in [2.24, 2.45) is 5.92 Å². The van der Waals surface area contributed by atoms with E-state index in [1.807, 2.05) is 56.3 Å². The molecule has 1 saturated heterocycles. The van der Waals surface area contributed by atoms with E-state index >= 15 is 0 Å². The van der Waals surface area contributed by atoms with Crippen LogP contribution < -0.4 is 4.90 Å². The van der Waals surface area contributed by atoms with E-state index in [1.54, 1.807) is 27.6 Å². The Balaban J connectivity index is 1.75. The highest BCUT2D eigenvalue weighted by Gasteiger charge is 2.59. The van der Waals surface area contributed by atoms with Crippen LogP contribution in [0.15, 0.2) is 48.5 Å². The summed E-state index contributed by atoms with van der Waals surface area (Å²) < 4.78 is 0. The van der Waals surface area contributed by atoms with Gasteiger partial charge < -0.3 is 9.80 Å². The normalized spacial score (nSPS) is 20.4. The molecule has 1 unspecified atom stereocenters. The van der Waals surface area contributed by atoms with Gasteiger partial charge in [-0.15, -0.1) is 11.8 Å². The Hall–Kier alpha value is -2.78. The molecular formula is C23H23N3O2S. The molecule has 2 amide bonds. The van der Waals surface area contributed by atoms with E-state index in [0.717, 1.165) is 22.6 Å². The molecule has 2 aromatic carbocycles. The molecule has 4 rings (SSSR count). The number of fused-ring (bicyclic) bond motifs is 2. The number of carbonyl (C=O) groups excluding carboxylic acids is 2. The maximum atomic E-state index is 13.8. The van der Waals surface area contributed by atoms with E-state index in [4.69, 9.17) is 0 Å². The second-order valence-electron chi connectivity index (χ2n) is 7.86. The molecule has 0 N–H and O–H groups in total. The predicted molar refractivity (Wildman–Crippen MR) is 114 cm³/mol. The fraction of sp³-hybridized carbons (Fsp3) is 0.348. The maximum absolute atomic E-state index is 13.8. The Morgan fingerprint density at radius 1 is 1.24 bits per heavy atom. The van der Waals surface area contributed by atoms with Crippen LogP contribution in [0.5, 0.6) is 0 Å². The summed E-state index contributed by atoms with van der Waals surface area (Å²) in [6.45, 7) is 4.99. The van der Waals surface area contributed by atoms with Crippen LogP contribution in [0.2, 0.25) is 0 Å². The lowest BCUT2D eigenvalue weighted by atomic mass is 10.0. The number of benzene rings is 2. The molecule has 0 aromatic heterocycles. The van der Waals surface area contributed by atoms with Gasteiger partial charge in [0.25, 0.3) is 5.91 Å². The molecule has 1 fully saturated rings. The number of carbonyl (C=O) groups is 2. The van der Waals surface area contributed by atoms with Crippen molar-refractivity contribution in [1.82, 2.24) is 4.90 Å². The molecule has 1 atom stereocenters. The fourth-order valence-electron chi connectivity index (χ4n) is 4.16. The van der Waals surface area contributed by atoms with Crippen molar-refractivity contribution in [2.75, 3.05) is 17.2 Å². The highest BCUT2D eigenvalue weighted by Crippen LogP contribution is 2.54. The molecule has 1 spiro atoms. The van der Waals surface area contributed by atoms with Gasteiger partial charge in [-0.3, -0.25) is 9.59 Å². The SMILES string of the molecule is CC(C)CC(=O)N1CCSC12C(=O)N(Cc1cccc(C#N)c1)c1ccccc12. The number of hydrogen-bond donors (Lipinski definition) is 0. The summed E-state index contributed by atoms with van der Waals surface area (Å²) in [5.41, 5.74) is 3.20. The third-order valence-electron chi connectivity index (χ3n) is 5.38. The number of nitrogens with zero attached hydrogens (tertiary/aromatic N) is 3. The number of thioether (sulfide) groups is 1.